The summed E-state index contributed by atoms with van der Waals surface area (Å²) in [6.07, 6.45) is 6.59. The van der Waals surface area contributed by atoms with Gasteiger partial charge in [-0.2, -0.15) is 5.10 Å². The minimum Gasteiger partial charge on any atom is -0.464 e. The largest absolute Gasteiger partial charge is 0.464 e. The van der Waals surface area contributed by atoms with Crippen molar-refractivity contribution in [1.82, 2.24) is 19.7 Å². The minimum atomic E-state index is -2.50. The molecule has 1 aliphatic heterocycles. The van der Waals surface area contributed by atoms with Gasteiger partial charge in [0.15, 0.2) is 6.61 Å². The Bertz CT molecular complexity index is 930. The van der Waals surface area contributed by atoms with E-state index in [0.717, 1.165) is 54.9 Å². The van der Waals surface area contributed by atoms with Crippen molar-refractivity contribution >= 4 is 17.1 Å². The van der Waals surface area contributed by atoms with Gasteiger partial charge in [0.1, 0.15) is 11.5 Å². The van der Waals surface area contributed by atoms with E-state index in [1.54, 1.807) is 10.9 Å². The summed E-state index contributed by atoms with van der Waals surface area (Å²) in [7, 11) is 1.84. The lowest BCUT2D eigenvalue weighted by Crippen LogP contribution is -2.36. The van der Waals surface area contributed by atoms with Crippen LogP contribution in [-0.4, -0.2) is 63.8 Å². The Morgan fingerprint density at radius 3 is 2.76 bits per heavy atom. The van der Waals surface area contributed by atoms with Crippen LogP contribution in [0.3, 0.4) is 0 Å². The van der Waals surface area contributed by atoms with Crippen LogP contribution in [0.1, 0.15) is 54.7 Å². The molecule has 34 heavy (non-hydrogen) atoms. The number of thiazole rings is 1. The number of alkyl halides is 3. The molecular weight excluding hydrogens is 465 g/mol. The molecule has 0 aromatic carbocycles. The van der Waals surface area contributed by atoms with Crippen LogP contribution in [0.5, 0.6) is 5.19 Å². The van der Waals surface area contributed by atoms with Crippen molar-refractivity contribution in [2.45, 2.75) is 69.9 Å². The van der Waals surface area contributed by atoms with E-state index in [2.05, 4.69) is 15.0 Å². The van der Waals surface area contributed by atoms with Crippen molar-refractivity contribution in [2.24, 2.45) is 13.0 Å². The number of aromatic nitrogens is 3. The number of aryl methyl sites for hydroxylation is 1. The molecule has 0 bridgehead atoms. The molecule has 2 aromatic rings. The van der Waals surface area contributed by atoms with Gasteiger partial charge >= 0.3 is 0 Å². The van der Waals surface area contributed by atoms with Crippen molar-refractivity contribution in [3.05, 3.63) is 28.5 Å². The number of hydrogen-bond acceptors (Lipinski definition) is 6. The maximum Gasteiger partial charge on any atom is 0.273 e. The number of ether oxygens (including phenoxy) is 1. The predicted molar refractivity (Wildman–Crippen MR) is 124 cm³/mol. The first-order chi connectivity index (χ1) is 16.3. The van der Waals surface area contributed by atoms with E-state index in [9.17, 15) is 13.6 Å². The summed E-state index contributed by atoms with van der Waals surface area (Å²) in [6.45, 7) is 1.67. The molecule has 1 saturated carbocycles. The minimum absolute atomic E-state index is 0.206. The number of nitrogens with zero attached hydrogens (tertiary/aromatic N) is 4. The zero-order chi connectivity index (χ0) is 24.1. The molecule has 0 spiro atoms. The monoisotopic (exact) mass is 498 g/mol. The van der Waals surface area contributed by atoms with Gasteiger partial charge in [-0.05, 0) is 50.0 Å². The van der Waals surface area contributed by atoms with Crippen LogP contribution in [0, 0.1) is 5.92 Å². The van der Waals surface area contributed by atoms with Gasteiger partial charge in [0, 0.05) is 57.0 Å². The number of carbonyl (C=O) groups is 1. The van der Waals surface area contributed by atoms with Gasteiger partial charge in [0.05, 0.1) is 11.9 Å². The summed E-state index contributed by atoms with van der Waals surface area (Å²) in [6, 6.07) is 0. The molecule has 0 saturated heterocycles. The molecule has 10 heteroatoms. The summed E-state index contributed by atoms with van der Waals surface area (Å²) in [5.41, 5.74) is 0.694. The second kappa shape index (κ2) is 11.2. The lowest BCUT2D eigenvalue weighted by Gasteiger charge is -2.35. The number of halogens is 3. The molecule has 6 nitrogen and oxygen atoms in total. The Labute approximate surface area is 202 Å². The molecule has 1 aliphatic carbocycles. The zero-order valence-corrected chi connectivity index (χ0v) is 20.5. The zero-order valence-electron chi connectivity index (χ0n) is 19.6. The third kappa shape index (κ3) is 7.04. The fourth-order valence-electron chi connectivity index (χ4n) is 5.00. The van der Waals surface area contributed by atoms with E-state index in [1.165, 1.54) is 11.3 Å². The molecule has 3 heterocycles. The molecule has 4 rings (SSSR count). The van der Waals surface area contributed by atoms with Crippen molar-refractivity contribution in [3.8, 4) is 5.19 Å². The molecule has 0 atom stereocenters. The highest BCUT2D eigenvalue weighted by atomic mass is 32.1. The molecule has 188 valence electrons. The van der Waals surface area contributed by atoms with E-state index in [-0.39, 0.29) is 11.7 Å². The summed E-state index contributed by atoms with van der Waals surface area (Å²) >= 11 is 1.35. The maximum absolute atomic E-state index is 15.5. The summed E-state index contributed by atoms with van der Waals surface area (Å²) in [5.74, 6) is 0.479. The lowest BCUT2D eigenvalue weighted by molar-refractivity contribution is -0.119. The maximum atomic E-state index is 15.5. The summed E-state index contributed by atoms with van der Waals surface area (Å²) < 4.78 is 46.9. The van der Waals surface area contributed by atoms with Crippen LogP contribution in [-0.2, 0) is 31.1 Å². The van der Waals surface area contributed by atoms with Gasteiger partial charge in [-0.25, -0.2) is 18.2 Å². The van der Waals surface area contributed by atoms with Gasteiger partial charge < -0.3 is 9.64 Å². The third-order valence-corrected chi connectivity index (χ3v) is 8.03. The highest BCUT2D eigenvalue weighted by Crippen LogP contribution is 2.39. The van der Waals surface area contributed by atoms with Gasteiger partial charge in [0.2, 0.25) is 0 Å². The van der Waals surface area contributed by atoms with Gasteiger partial charge in [-0.3, -0.25) is 9.48 Å². The van der Waals surface area contributed by atoms with Crippen LogP contribution in [0.15, 0.2) is 12.4 Å². The lowest BCUT2D eigenvalue weighted by atomic mass is 9.76. The molecule has 2 aromatic heterocycles. The van der Waals surface area contributed by atoms with E-state index < -0.39 is 18.7 Å². The summed E-state index contributed by atoms with van der Waals surface area (Å²) in [4.78, 5) is 20.1. The number of ketones is 1. The third-order valence-electron chi connectivity index (χ3n) is 6.96. The number of Topliss-reactive ketones (excluding diaryl/α,β-unsaturated/α-hetero) is 1. The average molecular weight is 499 g/mol. The Morgan fingerprint density at radius 2 is 2.06 bits per heavy atom. The van der Waals surface area contributed by atoms with Gasteiger partial charge in [-0.15, -0.1) is 0 Å². The first-order valence-corrected chi connectivity index (χ1v) is 12.9. The van der Waals surface area contributed by atoms with Crippen molar-refractivity contribution in [3.63, 3.8) is 0 Å². The van der Waals surface area contributed by atoms with E-state index in [1.807, 2.05) is 13.2 Å². The second-order valence-electron chi connectivity index (χ2n) is 9.68. The van der Waals surface area contributed by atoms with Crippen molar-refractivity contribution in [2.75, 3.05) is 26.2 Å². The molecule has 0 unspecified atom stereocenters. The Kier molecular flexibility index (Phi) is 8.29. The number of rotatable bonds is 10. The molecule has 1 fully saturated rings. The predicted octanol–water partition coefficient (Wildman–Crippen LogP) is 4.41. The normalized spacial score (nSPS) is 23.6. The van der Waals surface area contributed by atoms with Gasteiger partial charge in [0.25, 0.3) is 11.6 Å². The fraction of sp³-hybridized carbons (Fsp3) is 0.708. The molecule has 2 aliphatic rings. The Hall–Kier alpha value is -1.94. The van der Waals surface area contributed by atoms with Crippen molar-refractivity contribution in [1.29, 1.82) is 0 Å². The average Bonchev–Trinajstić information content (AvgIpc) is 3.33. The standard InChI is InChI=1S/C24H33F3N4O2S/c1-30-15-18(14-28-30)13-19(32)12-17-2-6-24(27,7-3-17)8-11-31-9-4-20-21(5-10-31)34-23(29-20)33-16-22(25)26/h14-15,17,22H,2-13,16H2,1H3. The Morgan fingerprint density at radius 1 is 1.29 bits per heavy atom. The number of carbonyl (C=O) groups excluding carboxylic acids is 1. The van der Waals surface area contributed by atoms with Crippen LogP contribution < -0.4 is 4.74 Å². The number of fused-ring (bicyclic) bond motifs is 1. The smallest absolute Gasteiger partial charge is 0.273 e. The SMILES string of the molecule is Cn1cc(CC(=O)CC2CCC(F)(CCN3CCc4nc(OCC(F)F)sc4CC3)CC2)cn1. The first-order valence-electron chi connectivity index (χ1n) is 12.1. The fourth-order valence-corrected chi connectivity index (χ4v) is 5.95. The highest BCUT2D eigenvalue weighted by Gasteiger charge is 2.36. The van der Waals surface area contributed by atoms with E-state index >= 15 is 4.39 Å². The van der Waals surface area contributed by atoms with Crippen LogP contribution in [0.4, 0.5) is 13.2 Å². The van der Waals surface area contributed by atoms with Crippen LogP contribution in [0.2, 0.25) is 0 Å². The molecule has 0 N–H and O–H groups in total. The molecule has 0 amide bonds. The van der Waals surface area contributed by atoms with E-state index in [4.69, 9.17) is 4.74 Å². The second-order valence-corrected chi connectivity index (χ2v) is 10.7. The Balaban J connectivity index is 1.17. The van der Waals surface area contributed by atoms with Gasteiger partial charge in [-0.1, -0.05) is 11.3 Å². The molecular formula is C24H33F3N4O2S. The van der Waals surface area contributed by atoms with Crippen LogP contribution >= 0.6 is 11.3 Å². The van der Waals surface area contributed by atoms with Crippen molar-refractivity contribution < 1.29 is 22.7 Å². The quantitative estimate of drug-likeness (QED) is 0.486. The van der Waals surface area contributed by atoms with E-state index in [0.29, 0.717) is 43.8 Å². The van der Waals surface area contributed by atoms with Crippen LogP contribution in [0.25, 0.3) is 0 Å². The summed E-state index contributed by atoms with van der Waals surface area (Å²) in [5, 5.41) is 4.42. The highest BCUT2D eigenvalue weighted by molar-refractivity contribution is 7.13. The number of hydrogen-bond donors (Lipinski definition) is 0. The topological polar surface area (TPSA) is 60.2 Å². The first kappa shape index (κ1) is 25.2. The molecule has 0 radical (unpaired) electrons.